The number of hydrogen-bond donors (Lipinski definition) is 1. The first-order valence-electron chi connectivity index (χ1n) is 9.85. The summed E-state index contributed by atoms with van der Waals surface area (Å²) in [4.78, 5) is 32.1. The van der Waals surface area contributed by atoms with Crippen molar-refractivity contribution in [1.29, 1.82) is 0 Å². The van der Waals surface area contributed by atoms with E-state index in [4.69, 9.17) is 11.6 Å². The molecule has 0 aliphatic carbocycles. The fourth-order valence-corrected chi connectivity index (χ4v) is 5.12. The molecule has 7 nitrogen and oxygen atoms in total. The van der Waals surface area contributed by atoms with Gasteiger partial charge in [0.25, 0.3) is 5.91 Å². The summed E-state index contributed by atoms with van der Waals surface area (Å²) in [5.41, 5.74) is 2.22. The molecular weight excluding hydrogens is 438 g/mol. The lowest BCUT2D eigenvalue weighted by atomic mass is 10.1. The molecular formula is C22H22ClN3O4S. The van der Waals surface area contributed by atoms with Gasteiger partial charge in [0.2, 0.25) is 5.91 Å². The monoisotopic (exact) mass is 459 g/mol. The zero-order valence-electron chi connectivity index (χ0n) is 17.0. The molecule has 2 amide bonds. The third kappa shape index (κ3) is 4.45. The van der Waals surface area contributed by atoms with Crippen LogP contribution in [0.3, 0.4) is 0 Å². The SMILES string of the molecule is CS(=O)(=O)c1cc(C(=O)N2CCN(C(=O)Cc3c[nH]c4ccccc34)CC2)ccc1Cl. The minimum absolute atomic E-state index is 0.0164. The third-order valence-electron chi connectivity index (χ3n) is 5.51. The summed E-state index contributed by atoms with van der Waals surface area (Å²) in [7, 11) is -3.54. The maximum atomic E-state index is 12.8. The van der Waals surface area contributed by atoms with Gasteiger partial charge in [0.1, 0.15) is 0 Å². The molecule has 2 heterocycles. The van der Waals surface area contributed by atoms with Crippen LogP contribution in [0.25, 0.3) is 10.9 Å². The molecule has 0 saturated carbocycles. The topological polar surface area (TPSA) is 90.6 Å². The Morgan fingerprint density at radius 2 is 1.71 bits per heavy atom. The molecule has 1 aliphatic rings. The number of benzene rings is 2. The first kappa shape index (κ1) is 21.4. The molecule has 1 aromatic heterocycles. The summed E-state index contributed by atoms with van der Waals surface area (Å²) in [6.45, 7) is 1.63. The van der Waals surface area contributed by atoms with Gasteiger partial charge in [-0.25, -0.2) is 8.42 Å². The number of sulfone groups is 1. The highest BCUT2D eigenvalue weighted by Gasteiger charge is 2.26. The van der Waals surface area contributed by atoms with Gasteiger partial charge in [0, 0.05) is 55.1 Å². The molecule has 4 rings (SSSR count). The molecule has 1 fully saturated rings. The Kier molecular flexibility index (Phi) is 5.77. The lowest BCUT2D eigenvalue weighted by Gasteiger charge is -2.35. The molecule has 1 aliphatic heterocycles. The third-order valence-corrected chi connectivity index (χ3v) is 7.09. The van der Waals surface area contributed by atoms with Crippen LogP contribution in [0.4, 0.5) is 0 Å². The second kappa shape index (κ2) is 8.36. The number of hydrogen-bond acceptors (Lipinski definition) is 4. The van der Waals surface area contributed by atoms with E-state index in [1.54, 1.807) is 9.80 Å². The van der Waals surface area contributed by atoms with Crippen LogP contribution in [0, 0.1) is 0 Å². The largest absolute Gasteiger partial charge is 0.361 e. The summed E-state index contributed by atoms with van der Waals surface area (Å²) in [5.74, 6) is -0.256. The number of carbonyl (C=O) groups is 2. The van der Waals surface area contributed by atoms with Crippen molar-refractivity contribution < 1.29 is 18.0 Å². The van der Waals surface area contributed by atoms with E-state index in [0.29, 0.717) is 32.6 Å². The lowest BCUT2D eigenvalue weighted by molar-refractivity contribution is -0.131. The van der Waals surface area contributed by atoms with Gasteiger partial charge in [0.15, 0.2) is 9.84 Å². The van der Waals surface area contributed by atoms with Gasteiger partial charge in [-0.3, -0.25) is 9.59 Å². The second-order valence-corrected chi connectivity index (χ2v) is 10.0. The number of H-pyrrole nitrogens is 1. The highest BCUT2D eigenvalue weighted by atomic mass is 35.5. The predicted octanol–water partition coefficient (Wildman–Crippen LogP) is 2.75. The van der Waals surface area contributed by atoms with Crippen molar-refractivity contribution in [2.24, 2.45) is 0 Å². The van der Waals surface area contributed by atoms with Crippen molar-refractivity contribution in [3.8, 4) is 0 Å². The number of nitrogens with zero attached hydrogens (tertiary/aromatic N) is 2. The number of rotatable bonds is 4. The average Bonchev–Trinajstić information content (AvgIpc) is 3.16. The van der Waals surface area contributed by atoms with Crippen molar-refractivity contribution in [1.82, 2.24) is 14.8 Å². The molecule has 1 saturated heterocycles. The molecule has 0 unspecified atom stereocenters. The number of fused-ring (bicyclic) bond motifs is 1. The van der Waals surface area contributed by atoms with Crippen molar-refractivity contribution in [2.75, 3.05) is 32.4 Å². The van der Waals surface area contributed by atoms with Gasteiger partial charge in [-0.05, 0) is 29.8 Å². The Bertz CT molecular complexity index is 1260. The molecule has 9 heteroatoms. The Balaban J connectivity index is 1.40. The summed E-state index contributed by atoms with van der Waals surface area (Å²) < 4.78 is 23.8. The summed E-state index contributed by atoms with van der Waals surface area (Å²) in [6, 6.07) is 12.1. The van der Waals surface area contributed by atoms with Crippen LogP contribution in [0.5, 0.6) is 0 Å². The second-order valence-electron chi connectivity index (χ2n) is 7.63. The number of aromatic nitrogens is 1. The van der Waals surface area contributed by atoms with E-state index in [1.165, 1.54) is 18.2 Å². The van der Waals surface area contributed by atoms with Crippen LogP contribution in [0.15, 0.2) is 53.6 Å². The number of nitrogens with one attached hydrogen (secondary N) is 1. The minimum Gasteiger partial charge on any atom is -0.361 e. The number of carbonyl (C=O) groups excluding carboxylic acids is 2. The zero-order valence-corrected chi connectivity index (χ0v) is 18.5. The van der Waals surface area contributed by atoms with Gasteiger partial charge in [0.05, 0.1) is 16.3 Å². The van der Waals surface area contributed by atoms with Crippen molar-refractivity contribution in [3.63, 3.8) is 0 Å². The van der Waals surface area contributed by atoms with Crippen LogP contribution < -0.4 is 0 Å². The number of halogens is 1. The van der Waals surface area contributed by atoms with Crippen LogP contribution in [0.2, 0.25) is 5.02 Å². The number of amides is 2. The highest BCUT2D eigenvalue weighted by molar-refractivity contribution is 7.90. The molecule has 0 radical (unpaired) electrons. The predicted molar refractivity (Wildman–Crippen MR) is 119 cm³/mol. The van der Waals surface area contributed by atoms with E-state index in [0.717, 1.165) is 22.7 Å². The number of aromatic amines is 1. The van der Waals surface area contributed by atoms with Crippen molar-refractivity contribution >= 4 is 44.2 Å². The Morgan fingerprint density at radius 3 is 2.42 bits per heavy atom. The van der Waals surface area contributed by atoms with E-state index < -0.39 is 9.84 Å². The maximum absolute atomic E-state index is 12.8. The van der Waals surface area contributed by atoms with E-state index in [2.05, 4.69) is 4.98 Å². The van der Waals surface area contributed by atoms with E-state index >= 15 is 0 Å². The molecule has 2 aromatic carbocycles. The van der Waals surface area contributed by atoms with E-state index in [-0.39, 0.29) is 27.3 Å². The van der Waals surface area contributed by atoms with Crippen molar-refractivity contribution in [3.05, 3.63) is 64.8 Å². The van der Waals surface area contributed by atoms with Crippen LogP contribution in [0.1, 0.15) is 15.9 Å². The van der Waals surface area contributed by atoms with Crippen LogP contribution >= 0.6 is 11.6 Å². The molecule has 162 valence electrons. The van der Waals surface area contributed by atoms with E-state index in [9.17, 15) is 18.0 Å². The fraction of sp³-hybridized carbons (Fsp3) is 0.273. The molecule has 0 atom stereocenters. The molecule has 1 N–H and O–H groups in total. The summed E-state index contributed by atoms with van der Waals surface area (Å²) >= 11 is 5.97. The highest BCUT2D eigenvalue weighted by Crippen LogP contribution is 2.24. The summed E-state index contributed by atoms with van der Waals surface area (Å²) in [6.07, 6.45) is 3.22. The van der Waals surface area contributed by atoms with Crippen molar-refractivity contribution in [2.45, 2.75) is 11.3 Å². The van der Waals surface area contributed by atoms with Crippen LogP contribution in [-0.4, -0.2) is 67.5 Å². The Labute approximate surface area is 185 Å². The first-order chi connectivity index (χ1) is 14.7. The van der Waals surface area contributed by atoms with Gasteiger partial charge in [-0.15, -0.1) is 0 Å². The fourth-order valence-electron chi connectivity index (χ4n) is 3.81. The minimum atomic E-state index is -3.54. The lowest BCUT2D eigenvalue weighted by Crippen LogP contribution is -2.51. The molecule has 31 heavy (non-hydrogen) atoms. The van der Waals surface area contributed by atoms with Crippen LogP contribution in [-0.2, 0) is 21.1 Å². The van der Waals surface area contributed by atoms with Gasteiger partial charge in [-0.2, -0.15) is 0 Å². The Hall–Kier alpha value is -2.84. The van der Waals surface area contributed by atoms with Gasteiger partial charge >= 0.3 is 0 Å². The first-order valence-corrected chi connectivity index (χ1v) is 12.1. The smallest absolute Gasteiger partial charge is 0.254 e. The number of para-hydroxylation sites is 1. The van der Waals surface area contributed by atoms with Gasteiger partial charge < -0.3 is 14.8 Å². The molecule has 3 aromatic rings. The Morgan fingerprint density at radius 1 is 1.03 bits per heavy atom. The maximum Gasteiger partial charge on any atom is 0.254 e. The average molecular weight is 460 g/mol. The van der Waals surface area contributed by atoms with Gasteiger partial charge in [-0.1, -0.05) is 29.8 Å². The summed E-state index contributed by atoms with van der Waals surface area (Å²) in [5, 5.41) is 1.13. The molecule has 0 spiro atoms. The normalized spacial score (nSPS) is 14.8. The molecule has 0 bridgehead atoms. The standard InChI is InChI=1S/C22H22ClN3O4S/c1-31(29,30)20-12-15(6-7-18(20)23)22(28)26-10-8-25(9-11-26)21(27)13-16-14-24-19-5-3-2-4-17(16)19/h2-7,12,14,24H,8-11,13H2,1H3. The van der Waals surface area contributed by atoms with E-state index in [1.807, 2.05) is 30.5 Å². The quantitative estimate of drug-likeness (QED) is 0.649. The number of piperazine rings is 1. The zero-order chi connectivity index (χ0) is 22.2.